The number of hydrogen-bond donors (Lipinski definition) is 3. The van der Waals surface area contributed by atoms with Crippen LogP contribution in [0.2, 0.25) is 0 Å². The number of H-pyrrole nitrogens is 1. The molecule has 0 bridgehead atoms. The third-order valence-electron chi connectivity index (χ3n) is 3.37. The number of nitrogens with zero attached hydrogens (tertiary/aromatic N) is 4. The van der Waals surface area contributed by atoms with E-state index in [1.54, 1.807) is 6.92 Å². The second-order valence-corrected chi connectivity index (χ2v) is 6.55. The molecule has 0 saturated carbocycles. The fourth-order valence-electron chi connectivity index (χ4n) is 2.14. The van der Waals surface area contributed by atoms with Crippen LogP contribution in [0.25, 0.3) is 0 Å². The number of aromatic hydroxyl groups is 1. The summed E-state index contributed by atoms with van der Waals surface area (Å²) in [5, 5.41) is 32.5. The summed E-state index contributed by atoms with van der Waals surface area (Å²) < 4.78 is 5.19. The number of benzene rings is 1. The van der Waals surface area contributed by atoms with E-state index in [1.165, 1.54) is 12.3 Å². The number of rotatable bonds is 6. The lowest BCUT2D eigenvalue weighted by Crippen LogP contribution is -2.28. The molecule has 1 aromatic carbocycles. The number of hydrazone groups is 1. The molecule has 3 N–H and O–H groups in total. The predicted molar refractivity (Wildman–Crippen MR) is 98.5 cm³/mol. The Morgan fingerprint density at radius 3 is 2.67 bits per heavy atom. The van der Waals surface area contributed by atoms with Crippen molar-refractivity contribution >= 4 is 17.9 Å². The van der Waals surface area contributed by atoms with Crippen LogP contribution in [0.15, 0.2) is 22.0 Å². The maximum absolute atomic E-state index is 12.0. The van der Waals surface area contributed by atoms with Crippen LogP contribution in [0, 0.1) is 10.1 Å². The van der Waals surface area contributed by atoms with Gasteiger partial charge in [-0.1, -0.05) is 20.8 Å². The molecule has 11 nitrogen and oxygen atoms in total. The van der Waals surface area contributed by atoms with Crippen molar-refractivity contribution in [1.29, 1.82) is 0 Å². The smallest absolute Gasteiger partial charge is 0.315 e. The molecule has 144 valence electrons. The van der Waals surface area contributed by atoms with Gasteiger partial charge in [0.25, 0.3) is 5.56 Å². The Kier molecular flexibility index (Phi) is 5.73. The van der Waals surface area contributed by atoms with Gasteiger partial charge >= 0.3 is 5.69 Å². The number of hydrogen-bond acceptors (Lipinski definition) is 9. The quantitative estimate of drug-likeness (QED) is 0.392. The molecular formula is C16H20N6O5. The van der Waals surface area contributed by atoms with Gasteiger partial charge in [0.1, 0.15) is 5.69 Å². The van der Waals surface area contributed by atoms with Gasteiger partial charge in [-0.25, -0.2) is 5.43 Å². The number of aromatic amines is 1. The lowest BCUT2D eigenvalue weighted by atomic mass is 9.93. The van der Waals surface area contributed by atoms with Gasteiger partial charge in [-0.05, 0) is 13.0 Å². The Morgan fingerprint density at radius 1 is 1.41 bits per heavy atom. The van der Waals surface area contributed by atoms with Gasteiger partial charge in [-0.3, -0.25) is 19.9 Å². The van der Waals surface area contributed by atoms with E-state index in [4.69, 9.17) is 4.74 Å². The highest BCUT2D eigenvalue weighted by Gasteiger charge is 2.21. The van der Waals surface area contributed by atoms with Gasteiger partial charge in [0, 0.05) is 17.0 Å². The topological polar surface area (TPSA) is 156 Å². The van der Waals surface area contributed by atoms with Crippen molar-refractivity contribution in [2.75, 3.05) is 12.0 Å². The average molecular weight is 376 g/mol. The third kappa shape index (κ3) is 4.77. The minimum Gasteiger partial charge on any atom is -0.500 e. The number of nitrogens with one attached hydrogen (secondary N) is 2. The summed E-state index contributed by atoms with van der Waals surface area (Å²) in [6, 6.07) is 2.54. The molecule has 0 atom stereocenters. The number of ether oxygens (including phenoxy) is 1. The van der Waals surface area contributed by atoms with Crippen molar-refractivity contribution in [3.8, 4) is 11.5 Å². The van der Waals surface area contributed by atoms with Crippen LogP contribution >= 0.6 is 0 Å². The monoisotopic (exact) mass is 376 g/mol. The maximum atomic E-state index is 12.0. The normalized spacial score (nSPS) is 11.6. The highest BCUT2D eigenvalue weighted by atomic mass is 16.6. The summed E-state index contributed by atoms with van der Waals surface area (Å²) in [5.74, 6) is -0.571. The molecule has 0 aliphatic heterocycles. The minimum atomic E-state index is -0.725. The van der Waals surface area contributed by atoms with Gasteiger partial charge < -0.3 is 9.84 Å². The van der Waals surface area contributed by atoms with Crippen molar-refractivity contribution in [2.24, 2.45) is 5.10 Å². The van der Waals surface area contributed by atoms with E-state index in [1.807, 2.05) is 20.8 Å². The van der Waals surface area contributed by atoms with Gasteiger partial charge in [-0.2, -0.15) is 5.10 Å². The molecule has 0 aliphatic carbocycles. The van der Waals surface area contributed by atoms with Crippen LogP contribution in [0.3, 0.4) is 0 Å². The summed E-state index contributed by atoms with van der Waals surface area (Å²) in [6.45, 7) is 7.42. The number of aromatic nitrogens is 3. The predicted octanol–water partition coefficient (Wildman–Crippen LogP) is 1.92. The average Bonchev–Trinajstić information content (AvgIpc) is 2.56. The van der Waals surface area contributed by atoms with Crippen molar-refractivity contribution in [3.05, 3.63) is 43.9 Å². The first-order valence-corrected chi connectivity index (χ1v) is 8.04. The van der Waals surface area contributed by atoms with Gasteiger partial charge in [-0.15, -0.1) is 10.2 Å². The second kappa shape index (κ2) is 7.81. The van der Waals surface area contributed by atoms with Crippen LogP contribution in [-0.4, -0.2) is 38.0 Å². The summed E-state index contributed by atoms with van der Waals surface area (Å²) in [6.07, 6.45) is 1.26. The number of nitro benzene ring substituents is 1. The summed E-state index contributed by atoms with van der Waals surface area (Å²) in [5.41, 5.74) is 1.72. The fourth-order valence-corrected chi connectivity index (χ4v) is 2.14. The number of nitro groups is 1. The molecule has 0 radical (unpaired) electrons. The molecule has 0 fully saturated rings. The first-order chi connectivity index (χ1) is 12.6. The number of anilines is 1. The van der Waals surface area contributed by atoms with Crippen LogP contribution in [0.4, 0.5) is 11.6 Å². The molecule has 0 aliphatic rings. The van der Waals surface area contributed by atoms with Crippen molar-refractivity contribution in [2.45, 2.75) is 33.1 Å². The standard InChI is InChI=1S/C16H20N6O5/c1-5-27-11-7-9(6-10(12(11)23)22(25)26)8-17-20-15-18-14(24)13(19-21-15)16(2,3)4/h6-8,23H,5H2,1-4H3,(H2,18,20,21,24)/b17-8+. The van der Waals surface area contributed by atoms with Crippen LogP contribution in [0.1, 0.15) is 39.0 Å². The zero-order chi connectivity index (χ0) is 20.2. The summed E-state index contributed by atoms with van der Waals surface area (Å²) in [4.78, 5) is 24.9. The highest BCUT2D eigenvalue weighted by Crippen LogP contribution is 2.36. The molecule has 2 rings (SSSR count). The van der Waals surface area contributed by atoms with E-state index in [2.05, 4.69) is 25.7 Å². The number of phenols is 1. The van der Waals surface area contributed by atoms with Gasteiger partial charge in [0.05, 0.1) is 17.7 Å². The molecule has 0 unspecified atom stereocenters. The van der Waals surface area contributed by atoms with E-state index in [-0.39, 0.29) is 24.0 Å². The fraction of sp³-hybridized carbons (Fsp3) is 0.375. The highest BCUT2D eigenvalue weighted by molar-refractivity contribution is 5.83. The van der Waals surface area contributed by atoms with Crippen LogP contribution in [-0.2, 0) is 5.41 Å². The zero-order valence-electron chi connectivity index (χ0n) is 15.3. The maximum Gasteiger partial charge on any atom is 0.315 e. The van der Waals surface area contributed by atoms with Crippen LogP contribution < -0.4 is 15.7 Å². The Balaban J connectivity index is 2.25. The van der Waals surface area contributed by atoms with E-state index >= 15 is 0 Å². The Labute approximate surface area is 154 Å². The van der Waals surface area contributed by atoms with E-state index in [0.717, 1.165) is 6.07 Å². The van der Waals surface area contributed by atoms with Crippen molar-refractivity contribution < 1.29 is 14.8 Å². The third-order valence-corrected chi connectivity index (χ3v) is 3.37. The van der Waals surface area contributed by atoms with E-state index < -0.39 is 27.3 Å². The Morgan fingerprint density at radius 2 is 2.11 bits per heavy atom. The summed E-state index contributed by atoms with van der Waals surface area (Å²) >= 11 is 0. The zero-order valence-corrected chi connectivity index (χ0v) is 15.3. The van der Waals surface area contributed by atoms with Gasteiger partial charge in [0.15, 0.2) is 5.75 Å². The molecule has 0 spiro atoms. The molecule has 11 heteroatoms. The molecule has 1 heterocycles. The molecule has 2 aromatic rings. The largest absolute Gasteiger partial charge is 0.500 e. The van der Waals surface area contributed by atoms with E-state index in [0.29, 0.717) is 5.56 Å². The molecule has 27 heavy (non-hydrogen) atoms. The number of phenolic OH excluding ortho intramolecular Hbond substituents is 1. The van der Waals surface area contributed by atoms with E-state index in [9.17, 15) is 20.0 Å². The minimum absolute atomic E-state index is 0.0163. The first-order valence-electron chi connectivity index (χ1n) is 8.04. The summed E-state index contributed by atoms with van der Waals surface area (Å²) in [7, 11) is 0. The Bertz CT molecular complexity index is 932. The van der Waals surface area contributed by atoms with Crippen LogP contribution in [0.5, 0.6) is 11.5 Å². The second-order valence-electron chi connectivity index (χ2n) is 6.55. The van der Waals surface area contributed by atoms with Crippen molar-refractivity contribution in [1.82, 2.24) is 15.2 Å². The molecular weight excluding hydrogens is 356 g/mol. The molecule has 0 saturated heterocycles. The molecule has 0 amide bonds. The first kappa shape index (κ1) is 19.8. The molecule has 1 aromatic heterocycles. The lowest BCUT2D eigenvalue weighted by Gasteiger charge is -2.15. The van der Waals surface area contributed by atoms with Crippen molar-refractivity contribution in [3.63, 3.8) is 0 Å². The van der Waals surface area contributed by atoms with Gasteiger partial charge in [0.2, 0.25) is 11.7 Å². The SMILES string of the molecule is CCOc1cc(/C=N/Nc2nnc(C(C)(C)C)c(=O)[nH]2)cc([N+](=O)[O-])c1O. The lowest BCUT2D eigenvalue weighted by molar-refractivity contribution is -0.386. The Hall–Kier alpha value is -3.50.